The number of oxazole rings is 1. The van der Waals surface area contributed by atoms with E-state index in [1.165, 1.54) is 25.0 Å². The van der Waals surface area contributed by atoms with Crippen LogP contribution in [0, 0.1) is 21.4 Å². The molecule has 1 aliphatic rings. The van der Waals surface area contributed by atoms with Crippen molar-refractivity contribution < 1.29 is 9.34 Å². The Labute approximate surface area is 133 Å². The molecule has 3 rings (SSSR count). The second-order valence-electron chi connectivity index (χ2n) is 5.49. The minimum Gasteiger partial charge on any atom is -0.419 e. The Morgan fingerprint density at radius 3 is 2.39 bits per heavy atom. The third-order valence-corrected chi connectivity index (χ3v) is 3.93. The van der Waals surface area contributed by atoms with Crippen molar-refractivity contribution in [2.24, 2.45) is 0 Å². The van der Waals surface area contributed by atoms with Crippen molar-refractivity contribution in [2.75, 3.05) is 18.0 Å². The van der Waals surface area contributed by atoms with Gasteiger partial charge in [-0.1, -0.05) is 12.8 Å². The molecule has 1 aromatic heterocycles. The van der Waals surface area contributed by atoms with Gasteiger partial charge in [-0.15, -0.1) is 0 Å². The van der Waals surface area contributed by atoms with Crippen LogP contribution in [0.2, 0.25) is 0 Å². The maximum absolute atomic E-state index is 10.7. The summed E-state index contributed by atoms with van der Waals surface area (Å²) in [6.45, 7) is 1.70. The molecule has 7 nitrogen and oxygen atoms in total. The molecular weight excluding hydrogens is 296 g/mol. The zero-order chi connectivity index (χ0) is 16.2. The van der Waals surface area contributed by atoms with Gasteiger partial charge in [-0.05, 0) is 25.0 Å². The summed E-state index contributed by atoms with van der Waals surface area (Å²) < 4.78 is 5.81. The standard InChI is InChI=1S/C16H16N4O3/c17-11-14-16(19-9-3-1-2-4-10-19)23-15(18-14)12-5-7-13(8-6-12)20(21)22/h5-8H,1-4,9-10H2. The van der Waals surface area contributed by atoms with E-state index in [0.29, 0.717) is 17.3 Å². The van der Waals surface area contributed by atoms with Crippen LogP contribution in [0.3, 0.4) is 0 Å². The van der Waals surface area contributed by atoms with E-state index in [1.54, 1.807) is 12.1 Å². The normalized spacial score (nSPS) is 15.0. The monoisotopic (exact) mass is 312 g/mol. The van der Waals surface area contributed by atoms with Crippen LogP contribution in [-0.2, 0) is 0 Å². The third-order valence-electron chi connectivity index (χ3n) is 3.93. The Morgan fingerprint density at radius 2 is 1.83 bits per heavy atom. The van der Waals surface area contributed by atoms with Crippen molar-refractivity contribution in [2.45, 2.75) is 25.7 Å². The van der Waals surface area contributed by atoms with Crippen molar-refractivity contribution in [3.05, 3.63) is 40.1 Å². The van der Waals surface area contributed by atoms with E-state index in [1.807, 2.05) is 0 Å². The molecule has 1 fully saturated rings. The van der Waals surface area contributed by atoms with Crippen LogP contribution in [0.15, 0.2) is 28.7 Å². The molecule has 118 valence electrons. The van der Waals surface area contributed by atoms with Crippen LogP contribution in [0.4, 0.5) is 11.6 Å². The van der Waals surface area contributed by atoms with Crippen LogP contribution in [-0.4, -0.2) is 23.0 Å². The summed E-state index contributed by atoms with van der Waals surface area (Å²) in [6, 6.07) is 8.04. The minimum absolute atomic E-state index is 0.00792. The van der Waals surface area contributed by atoms with Crippen molar-refractivity contribution in [3.63, 3.8) is 0 Å². The largest absolute Gasteiger partial charge is 0.419 e. The molecule has 0 saturated carbocycles. The van der Waals surface area contributed by atoms with Crippen molar-refractivity contribution in [3.8, 4) is 17.5 Å². The lowest BCUT2D eigenvalue weighted by Gasteiger charge is -2.18. The molecule has 1 aliphatic heterocycles. The summed E-state index contributed by atoms with van der Waals surface area (Å²) in [5.74, 6) is 0.818. The average Bonchev–Trinajstić information content (AvgIpc) is 2.82. The smallest absolute Gasteiger partial charge is 0.269 e. The van der Waals surface area contributed by atoms with Gasteiger partial charge < -0.3 is 9.32 Å². The average molecular weight is 312 g/mol. The quantitative estimate of drug-likeness (QED) is 0.635. The third kappa shape index (κ3) is 3.16. The zero-order valence-corrected chi connectivity index (χ0v) is 12.6. The number of nitro benzene ring substituents is 1. The topological polar surface area (TPSA) is 96.2 Å². The van der Waals surface area contributed by atoms with Gasteiger partial charge >= 0.3 is 0 Å². The summed E-state index contributed by atoms with van der Waals surface area (Å²) >= 11 is 0. The molecule has 7 heteroatoms. The maximum atomic E-state index is 10.7. The first-order valence-electron chi connectivity index (χ1n) is 7.60. The first-order chi connectivity index (χ1) is 11.2. The van der Waals surface area contributed by atoms with Crippen molar-refractivity contribution >= 4 is 11.6 Å². The summed E-state index contributed by atoms with van der Waals surface area (Å²) in [5, 5.41) is 20.0. The second-order valence-corrected chi connectivity index (χ2v) is 5.49. The Bertz CT molecular complexity index is 738. The molecular formula is C16H16N4O3. The highest BCUT2D eigenvalue weighted by atomic mass is 16.6. The van der Waals surface area contributed by atoms with Gasteiger partial charge in [0.15, 0.2) is 0 Å². The predicted molar refractivity (Wildman–Crippen MR) is 84.0 cm³/mol. The van der Waals surface area contributed by atoms with Crippen molar-refractivity contribution in [1.29, 1.82) is 5.26 Å². The number of nitriles is 1. The first-order valence-corrected chi connectivity index (χ1v) is 7.60. The molecule has 0 amide bonds. The van der Waals surface area contributed by atoms with E-state index >= 15 is 0 Å². The van der Waals surface area contributed by atoms with Gasteiger partial charge in [-0.25, -0.2) is 0 Å². The fourth-order valence-electron chi connectivity index (χ4n) is 2.72. The molecule has 1 saturated heterocycles. The highest BCUT2D eigenvalue weighted by Gasteiger charge is 2.21. The fraction of sp³-hybridized carbons (Fsp3) is 0.375. The van der Waals surface area contributed by atoms with Gasteiger partial charge in [-0.3, -0.25) is 10.1 Å². The Hall–Kier alpha value is -2.88. The minimum atomic E-state index is -0.456. The molecule has 0 radical (unpaired) electrons. The molecule has 0 N–H and O–H groups in total. The molecule has 0 spiro atoms. The van der Waals surface area contributed by atoms with Gasteiger partial charge in [0.1, 0.15) is 6.07 Å². The van der Waals surface area contributed by atoms with Crippen LogP contribution >= 0.6 is 0 Å². The van der Waals surface area contributed by atoms with Crippen LogP contribution in [0.1, 0.15) is 31.4 Å². The van der Waals surface area contributed by atoms with Gasteiger partial charge in [0.2, 0.25) is 17.5 Å². The highest BCUT2D eigenvalue weighted by molar-refractivity contribution is 5.61. The summed E-state index contributed by atoms with van der Waals surface area (Å²) in [4.78, 5) is 16.6. The molecule has 0 unspecified atom stereocenters. The Kier molecular flexibility index (Phi) is 4.24. The number of hydrogen-bond donors (Lipinski definition) is 0. The van der Waals surface area contributed by atoms with E-state index in [4.69, 9.17) is 4.42 Å². The van der Waals surface area contributed by atoms with Crippen LogP contribution < -0.4 is 4.90 Å². The van der Waals surface area contributed by atoms with E-state index in [-0.39, 0.29) is 11.4 Å². The summed E-state index contributed by atoms with van der Waals surface area (Å²) in [6.07, 6.45) is 4.50. The molecule has 1 aromatic carbocycles. The van der Waals surface area contributed by atoms with Crippen molar-refractivity contribution in [1.82, 2.24) is 4.98 Å². The molecule has 2 heterocycles. The van der Waals surface area contributed by atoms with E-state index in [9.17, 15) is 15.4 Å². The number of nitro groups is 1. The highest BCUT2D eigenvalue weighted by Crippen LogP contribution is 2.30. The number of non-ortho nitro benzene ring substituents is 1. The number of rotatable bonds is 3. The molecule has 0 atom stereocenters. The molecule has 0 aliphatic carbocycles. The lowest BCUT2D eigenvalue weighted by atomic mass is 10.2. The fourth-order valence-corrected chi connectivity index (χ4v) is 2.72. The molecule has 0 bridgehead atoms. The maximum Gasteiger partial charge on any atom is 0.269 e. The predicted octanol–water partition coefficient (Wildman–Crippen LogP) is 3.50. The van der Waals surface area contributed by atoms with Gasteiger partial charge in [0.25, 0.3) is 5.69 Å². The number of aromatic nitrogens is 1. The van der Waals surface area contributed by atoms with E-state index in [0.717, 1.165) is 25.9 Å². The first kappa shape index (κ1) is 15.0. The van der Waals surface area contributed by atoms with Crippen LogP contribution in [0.25, 0.3) is 11.5 Å². The van der Waals surface area contributed by atoms with Gasteiger partial charge in [0, 0.05) is 30.8 Å². The Morgan fingerprint density at radius 1 is 1.17 bits per heavy atom. The second kappa shape index (κ2) is 6.48. The lowest BCUT2D eigenvalue weighted by Crippen LogP contribution is -2.24. The molecule has 2 aromatic rings. The number of benzene rings is 1. The number of hydrogen-bond acceptors (Lipinski definition) is 6. The lowest BCUT2D eigenvalue weighted by molar-refractivity contribution is -0.384. The van der Waals surface area contributed by atoms with E-state index in [2.05, 4.69) is 16.0 Å². The zero-order valence-electron chi connectivity index (χ0n) is 12.6. The number of nitrogens with zero attached hydrogens (tertiary/aromatic N) is 4. The SMILES string of the molecule is N#Cc1nc(-c2ccc([N+](=O)[O-])cc2)oc1N1CCCCCC1. The summed E-state index contributed by atoms with van der Waals surface area (Å²) in [7, 11) is 0. The van der Waals surface area contributed by atoms with E-state index < -0.39 is 4.92 Å². The van der Waals surface area contributed by atoms with Crippen LogP contribution in [0.5, 0.6) is 0 Å². The summed E-state index contributed by atoms with van der Waals surface area (Å²) in [5.41, 5.74) is 0.891. The van der Waals surface area contributed by atoms with Gasteiger partial charge in [0.05, 0.1) is 4.92 Å². The number of anilines is 1. The Balaban J connectivity index is 1.92. The van der Waals surface area contributed by atoms with Gasteiger partial charge in [-0.2, -0.15) is 10.2 Å². The molecule has 23 heavy (non-hydrogen) atoms.